The summed E-state index contributed by atoms with van der Waals surface area (Å²) in [6, 6.07) is 7.54. The quantitative estimate of drug-likeness (QED) is 0.798. The Balaban J connectivity index is 1.86. The number of carbonyl (C=O) groups excluding carboxylic acids is 1. The van der Waals surface area contributed by atoms with E-state index in [-0.39, 0.29) is 18.0 Å². The number of methoxy groups -OCH3 is 1. The summed E-state index contributed by atoms with van der Waals surface area (Å²) < 4.78 is 10.8. The summed E-state index contributed by atoms with van der Waals surface area (Å²) in [5.74, 6) is 1.11. The molecule has 2 heterocycles. The van der Waals surface area contributed by atoms with Crippen molar-refractivity contribution < 1.29 is 14.3 Å². The molecule has 4 N–H and O–H groups in total. The fourth-order valence-electron chi connectivity index (χ4n) is 3.50. The van der Waals surface area contributed by atoms with Gasteiger partial charge >= 0.3 is 6.09 Å². The van der Waals surface area contributed by atoms with Gasteiger partial charge in [-0.1, -0.05) is 6.07 Å². The first-order valence-electron chi connectivity index (χ1n) is 9.25. The molecule has 9 heteroatoms. The molecule has 2 aliphatic rings. The van der Waals surface area contributed by atoms with E-state index in [4.69, 9.17) is 20.9 Å². The maximum absolute atomic E-state index is 12.4. The first-order chi connectivity index (χ1) is 13.1. The number of piperidine rings is 1. The molecule has 0 saturated carbocycles. The van der Waals surface area contributed by atoms with Crippen molar-refractivity contribution in [1.82, 2.24) is 4.90 Å². The molecule has 0 bridgehead atoms. The van der Waals surface area contributed by atoms with Crippen molar-refractivity contribution in [2.45, 2.75) is 44.9 Å². The molecule has 2 aliphatic heterocycles. The Hall–Kier alpha value is -2.97. The van der Waals surface area contributed by atoms with Crippen molar-refractivity contribution in [1.29, 1.82) is 0 Å². The van der Waals surface area contributed by atoms with Crippen molar-refractivity contribution in [2.24, 2.45) is 21.5 Å². The molecule has 1 saturated heterocycles. The number of amides is 1. The Morgan fingerprint density at radius 3 is 2.50 bits per heavy atom. The molecule has 28 heavy (non-hydrogen) atoms. The monoisotopic (exact) mass is 388 g/mol. The van der Waals surface area contributed by atoms with Gasteiger partial charge in [0.1, 0.15) is 17.0 Å². The van der Waals surface area contributed by atoms with Crippen LogP contribution in [0.25, 0.3) is 0 Å². The van der Waals surface area contributed by atoms with Crippen LogP contribution in [0.1, 0.15) is 33.6 Å². The maximum atomic E-state index is 12.4. The van der Waals surface area contributed by atoms with Crippen LogP contribution >= 0.6 is 0 Å². The molecule has 152 valence electrons. The molecule has 1 amide bonds. The molecule has 3 rings (SSSR count). The number of nitrogens with two attached hydrogens (primary N) is 2. The van der Waals surface area contributed by atoms with E-state index in [0.29, 0.717) is 31.7 Å². The first kappa shape index (κ1) is 19.8. The van der Waals surface area contributed by atoms with Crippen LogP contribution in [0.4, 0.5) is 10.5 Å². The Bertz CT molecular complexity index is 806. The third-order valence-electron chi connectivity index (χ3n) is 4.72. The minimum absolute atomic E-state index is 0.141. The summed E-state index contributed by atoms with van der Waals surface area (Å²) in [4.78, 5) is 24.8. The molecule has 1 aromatic carbocycles. The SMILES string of the molecule is COc1cccc(N2C(N)=NC(N)=NC23CCN(C(=O)OC(C)(C)C)CC3)c1. The Morgan fingerprint density at radius 1 is 1.21 bits per heavy atom. The van der Waals surface area contributed by atoms with E-state index in [2.05, 4.69) is 9.98 Å². The fraction of sp³-hybridized carbons (Fsp3) is 0.526. The highest BCUT2D eigenvalue weighted by molar-refractivity contribution is 6.05. The van der Waals surface area contributed by atoms with E-state index in [1.165, 1.54) is 0 Å². The minimum atomic E-state index is -0.708. The van der Waals surface area contributed by atoms with Crippen LogP contribution in [0, 0.1) is 0 Å². The zero-order chi connectivity index (χ0) is 20.5. The fourth-order valence-corrected chi connectivity index (χ4v) is 3.50. The molecule has 0 atom stereocenters. The number of anilines is 1. The van der Waals surface area contributed by atoms with Crippen LogP contribution in [0.3, 0.4) is 0 Å². The minimum Gasteiger partial charge on any atom is -0.497 e. The number of benzene rings is 1. The predicted octanol–water partition coefficient (Wildman–Crippen LogP) is 1.87. The average Bonchev–Trinajstić information content (AvgIpc) is 2.60. The van der Waals surface area contributed by atoms with Crippen molar-refractivity contribution in [3.05, 3.63) is 24.3 Å². The van der Waals surface area contributed by atoms with Crippen molar-refractivity contribution >= 4 is 23.7 Å². The summed E-state index contributed by atoms with van der Waals surface area (Å²) in [6.45, 7) is 6.50. The van der Waals surface area contributed by atoms with Crippen LogP contribution in [0.5, 0.6) is 5.75 Å². The van der Waals surface area contributed by atoms with Gasteiger partial charge in [0.2, 0.25) is 11.9 Å². The van der Waals surface area contributed by atoms with Gasteiger partial charge in [-0.25, -0.2) is 9.79 Å². The lowest BCUT2D eigenvalue weighted by Crippen LogP contribution is -2.62. The van der Waals surface area contributed by atoms with Crippen LogP contribution in [0.2, 0.25) is 0 Å². The van der Waals surface area contributed by atoms with E-state index in [0.717, 1.165) is 5.69 Å². The summed E-state index contributed by atoms with van der Waals surface area (Å²) in [7, 11) is 1.61. The summed E-state index contributed by atoms with van der Waals surface area (Å²) in [5, 5.41) is 0. The Kier molecular flexibility index (Phi) is 5.10. The van der Waals surface area contributed by atoms with E-state index < -0.39 is 11.3 Å². The standard InChI is InChI=1S/C19H28N6O3/c1-18(2,3)28-17(26)24-10-8-19(9-11-24)23-15(20)22-16(21)25(19)13-6-5-7-14(12-13)27-4/h5-7,12H,8-11H2,1-4H3,(H4,20,21,22,23). The molecule has 0 radical (unpaired) electrons. The average molecular weight is 388 g/mol. The Labute approximate surface area is 165 Å². The third-order valence-corrected chi connectivity index (χ3v) is 4.72. The van der Waals surface area contributed by atoms with Crippen LogP contribution in [-0.2, 0) is 4.74 Å². The van der Waals surface area contributed by atoms with Crippen molar-refractivity contribution in [3.8, 4) is 5.75 Å². The van der Waals surface area contributed by atoms with Crippen molar-refractivity contribution in [2.75, 3.05) is 25.1 Å². The zero-order valence-electron chi connectivity index (χ0n) is 16.8. The molecule has 0 aliphatic carbocycles. The lowest BCUT2D eigenvalue weighted by Gasteiger charge is -2.47. The largest absolute Gasteiger partial charge is 0.497 e. The van der Waals surface area contributed by atoms with Gasteiger partial charge in [-0.05, 0) is 32.9 Å². The van der Waals surface area contributed by atoms with Crippen LogP contribution in [-0.4, -0.2) is 54.4 Å². The number of aliphatic imine (C=N–C) groups is 2. The summed E-state index contributed by atoms with van der Waals surface area (Å²) in [6.07, 6.45) is 0.755. The van der Waals surface area contributed by atoms with E-state index >= 15 is 0 Å². The van der Waals surface area contributed by atoms with E-state index in [9.17, 15) is 4.79 Å². The van der Waals surface area contributed by atoms with Gasteiger partial charge in [-0.15, -0.1) is 0 Å². The summed E-state index contributed by atoms with van der Waals surface area (Å²) >= 11 is 0. The highest BCUT2D eigenvalue weighted by Crippen LogP contribution is 2.37. The van der Waals surface area contributed by atoms with Gasteiger partial charge < -0.3 is 25.8 Å². The number of likely N-dealkylation sites (tertiary alicyclic amines) is 1. The molecular weight excluding hydrogens is 360 g/mol. The van der Waals surface area contributed by atoms with E-state index in [1.54, 1.807) is 12.0 Å². The van der Waals surface area contributed by atoms with Gasteiger partial charge in [0.15, 0.2) is 0 Å². The molecule has 1 fully saturated rings. The van der Waals surface area contributed by atoms with E-state index in [1.807, 2.05) is 49.9 Å². The lowest BCUT2D eigenvalue weighted by molar-refractivity contribution is 0.0173. The normalized spacial score (nSPS) is 19.1. The second-order valence-corrected chi connectivity index (χ2v) is 7.93. The second-order valence-electron chi connectivity index (χ2n) is 7.93. The second kappa shape index (κ2) is 7.21. The van der Waals surface area contributed by atoms with Gasteiger partial charge in [0.05, 0.1) is 7.11 Å². The topological polar surface area (TPSA) is 119 Å². The smallest absolute Gasteiger partial charge is 0.410 e. The zero-order valence-corrected chi connectivity index (χ0v) is 16.8. The van der Waals surface area contributed by atoms with Gasteiger partial charge in [-0.3, -0.25) is 4.90 Å². The number of guanidine groups is 2. The molecule has 1 spiro atoms. The molecular formula is C19H28N6O3. The number of carbonyl (C=O) groups is 1. The third kappa shape index (κ3) is 3.97. The number of rotatable bonds is 2. The predicted molar refractivity (Wildman–Crippen MR) is 108 cm³/mol. The van der Waals surface area contributed by atoms with Gasteiger partial charge in [0.25, 0.3) is 0 Å². The molecule has 0 aromatic heterocycles. The van der Waals surface area contributed by atoms with Gasteiger partial charge in [0, 0.05) is 37.7 Å². The number of nitrogens with zero attached hydrogens (tertiary/aromatic N) is 4. The van der Waals surface area contributed by atoms with Gasteiger partial charge in [-0.2, -0.15) is 4.99 Å². The molecule has 0 unspecified atom stereocenters. The highest BCUT2D eigenvalue weighted by Gasteiger charge is 2.45. The lowest BCUT2D eigenvalue weighted by atomic mass is 9.94. The number of hydrogen-bond donors (Lipinski definition) is 2. The highest BCUT2D eigenvalue weighted by atomic mass is 16.6. The van der Waals surface area contributed by atoms with Crippen molar-refractivity contribution in [3.63, 3.8) is 0 Å². The molecule has 1 aromatic rings. The molecule has 9 nitrogen and oxygen atoms in total. The first-order valence-corrected chi connectivity index (χ1v) is 9.25. The summed E-state index contributed by atoms with van der Waals surface area (Å²) in [5.41, 5.74) is 11.7. The van der Waals surface area contributed by atoms with Crippen LogP contribution < -0.4 is 21.1 Å². The number of ether oxygens (including phenoxy) is 2. The maximum Gasteiger partial charge on any atom is 0.410 e. The Morgan fingerprint density at radius 2 is 1.89 bits per heavy atom. The number of hydrogen-bond acceptors (Lipinski definition) is 8. The van der Waals surface area contributed by atoms with Crippen LogP contribution in [0.15, 0.2) is 34.3 Å².